The van der Waals surface area contributed by atoms with Gasteiger partial charge in [-0.25, -0.2) is 8.42 Å². The Labute approximate surface area is 118 Å². The highest BCUT2D eigenvalue weighted by atomic mass is 32.2. The molecule has 1 fully saturated rings. The van der Waals surface area contributed by atoms with Crippen LogP contribution in [0.5, 0.6) is 0 Å². The van der Waals surface area contributed by atoms with Crippen LogP contribution in [0.1, 0.15) is 18.0 Å². The van der Waals surface area contributed by atoms with Crippen molar-refractivity contribution in [3.05, 3.63) is 42.1 Å². The average Bonchev–Trinajstić information content (AvgIpc) is 2.80. The Morgan fingerprint density at radius 1 is 1.35 bits per heavy atom. The number of rotatable bonds is 3. The Morgan fingerprint density at radius 3 is 2.90 bits per heavy atom. The van der Waals surface area contributed by atoms with E-state index in [0.717, 1.165) is 16.5 Å². The van der Waals surface area contributed by atoms with Crippen LogP contribution in [0.25, 0.3) is 10.9 Å². The monoisotopic (exact) mass is 291 g/mol. The maximum absolute atomic E-state index is 11.6. The first-order chi connectivity index (χ1) is 9.59. The highest BCUT2D eigenvalue weighted by molar-refractivity contribution is 7.91. The van der Waals surface area contributed by atoms with Gasteiger partial charge in [-0.15, -0.1) is 0 Å². The van der Waals surface area contributed by atoms with Gasteiger partial charge < -0.3 is 0 Å². The molecular formula is C14H17N3O2S. The molecule has 0 bridgehead atoms. The molecule has 2 aromatic rings. The van der Waals surface area contributed by atoms with Gasteiger partial charge in [-0.3, -0.25) is 16.3 Å². The Bertz CT molecular complexity index is 730. The minimum atomic E-state index is -2.91. The highest BCUT2D eigenvalue weighted by Crippen LogP contribution is 2.32. The standard InChI is InChI=1S/C14H17N3O2S/c15-17-14(12-5-7-20(18,19)9-12)11-3-4-13-10(8-11)2-1-6-16-13/h1-4,6,8,12,14,17H,5,7,9,15H2. The molecule has 1 aromatic heterocycles. The third-order valence-corrected chi connectivity index (χ3v) is 5.70. The summed E-state index contributed by atoms with van der Waals surface area (Å²) >= 11 is 0. The molecule has 6 heteroatoms. The van der Waals surface area contributed by atoms with Gasteiger partial charge in [-0.2, -0.15) is 0 Å². The zero-order chi connectivity index (χ0) is 14.2. The zero-order valence-electron chi connectivity index (χ0n) is 11.0. The fourth-order valence-electron chi connectivity index (χ4n) is 2.88. The Hall–Kier alpha value is -1.50. The molecule has 0 aliphatic carbocycles. The van der Waals surface area contributed by atoms with Gasteiger partial charge in [0.15, 0.2) is 9.84 Å². The van der Waals surface area contributed by atoms with E-state index in [1.54, 1.807) is 6.20 Å². The van der Waals surface area contributed by atoms with Crippen LogP contribution >= 0.6 is 0 Å². The van der Waals surface area contributed by atoms with Crippen molar-refractivity contribution in [3.8, 4) is 0 Å². The normalized spacial score (nSPS) is 22.9. The van der Waals surface area contributed by atoms with Crippen molar-refractivity contribution in [1.29, 1.82) is 0 Å². The van der Waals surface area contributed by atoms with Crippen LogP contribution in [0, 0.1) is 5.92 Å². The van der Waals surface area contributed by atoms with Gasteiger partial charge in [0.25, 0.3) is 0 Å². The summed E-state index contributed by atoms with van der Waals surface area (Å²) in [6.07, 6.45) is 2.41. The maximum Gasteiger partial charge on any atom is 0.150 e. The number of hydrogen-bond acceptors (Lipinski definition) is 5. The Morgan fingerprint density at radius 2 is 2.20 bits per heavy atom. The molecule has 0 saturated carbocycles. The predicted molar refractivity (Wildman–Crippen MR) is 78.6 cm³/mol. The molecular weight excluding hydrogens is 274 g/mol. The summed E-state index contributed by atoms with van der Waals surface area (Å²) in [6.45, 7) is 0. The van der Waals surface area contributed by atoms with Crippen molar-refractivity contribution < 1.29 is 8.42 Å². The summed E-state index contributed by atoms with van der Waals surface area (Å²) in [4.78, 5) is 4.28. The van der Waals surface area contributed by atoms with Gasteiger partial charge in [0.05, 0.1) is 17.0 Å². The summed E-state index contributed by atoms with van der Waals surface area (Å²) in [6, 6.07) is 9.67. The molecule has 3 N–H and O–H groups in total. The minimum absolute atomic E-state index is 0.0270. The number of fused-ring (bicyclic) bond motifs is 1. The van der Waals surface area contributed by atoms with Crippen LogP contribution < -0.4 is 11.3 Å². The summed E-state index contributed by atoms with van der Waals surface area (Å²) in [5.41, 5.74) is 4.71. The predicted octanol–water partition coefficient (Wildman–Crippen LogP) is 1.17. The molecule has 2 heterocycles. The fourth-order valence-corrected chi connectivity index (χ4v) is 4.72. The van der Waals surface area contributed by atoms with Crippen molar-refractivity contribution in [2.75, 3.05) is 11.5 Å². The first-order valence-electron chi connectivity index (χ1n) is 6.60. The van der Waals surface area contributed by atoms with Crippen LogP contribution in [-0.2, 0) is 9.84 Å². The van der Waals surface area contributed by atoms with E-state index < -0.39 is 9.84 Å². The number of nitrogens with zero attached hydrogens (tertiary/aromatic N) is 1. The number of hydrazine groups is 1. The van der Waals surface area contributed by atoms with E-state index in [-0.39, 0.29) is 23.5 Å². The number of aromatic nitrogens is 1. The lowest BCUT2D eigenvalue weighted by Gasteiger charge is -2.22. The third kappa shape index (κ3) is 2.54. The van der Waals surface area contributed by atoms with Crippen molar-refractivity contribution in [2.45, 2.75) is 12.5 Å². The molecule has 106 valence electrons. The second-order valence-electron chi connectivity index (χ2n) is 5.26. The molecule has 1 aliphatic rings. The largest absolute Gasteiger partial charge is 0.271 e. The van der Waals surface area contributed by atoms with E-state index >= 15 is 0 Å². The molecule has 2 atom stereocenters. The van der Waals surface area contributed by atoms with Crippen LogP contribution in [0.2, 0.25) is 0 Å². The number of sulfone groups is 1. The van der Waals surface area contributed by atoms with Crippen LogP contribution in [-0.4, -0.2) is 24.9 Å². The SMILES string of the molecule is NNC(c1ccc2ncccc2c1)C1CCS(=O)(=O)C1. The molecule has 0 spiro atoms. The van der Waals surface area contributed by atoms with E-state index in [0.29, 0.717) is 6.42 Å². The summed E-state index contributed by atoms with van der Waals surface area (Å²) in [5.74, 6) is 6.14. The van der Waals surface area contributed by atoms with Crippen molar-refractivity contribution in [1.82, 2.24) is 10.4 Å². The fraction of sp³-hybridized carbons (Fsp3) is 0.357. The number of nitrogens with one attached hydrogen (secondary N) is 1. The lowest BCUT2D eigenvalue weighted by molar-refractivity contribution is 0.400. The molecule has 1 aliphatic heterocycles. The first kappa shape index (κ1) is 13.5. The number of nitrogens with two attached hydrogens (primary N) is 1. The first-order valence-corrected chi connectivity index (χ1v) is 8.42. The molecule has 3 rings (SSSR count). The maximum atomic E-state index is 11.6. The van der Waals surface area contributed by atoms with Gasteiger partial charge in [0, 0.05) is 17.6 Å². The smallest absolute Gasteiger partial charge is 0.150 e. The van der Waals surface area contributed by atoms with Gasteiger partial charge in [0.2, 0.25) is 0 Å². The number of hydrogen-bond donors (Lipinski definition) is 2. The summed E-state index contributed by atoms with van der Waals surface area (Å²) in [5, 5.41) is 1.03. The number of pyridine rings is 1. The van der Waals surface area contributed by atoms with E-state index in [1.807, 2.05) is 30.3 Å². The molecule has 1 aromatic carbocycles. The molecule has 20 heavy (non-hydrogen) atoms. The molecule has 0 amide bonds. The Kier molecular flexibility index (Phi) is 3.45. The molecule has 2 unspecified atom stereocenters. The van der Waals surface area contributed by atoms with Gasteiger partial charge >= 0.3 is 0 Å². The lowest BCUT2D eigenvalue weighted by Crippen LogP contribution is -2.34. The minimum Gasteiger partial charge on any atom is -0.271 e. The molecule has 0 radical (unpaired) electrons. The van der Waals surface area contributed by atoms with E-state index in [4.69, 9.17) is 5.84 Å². The average molecular weight is 291 g/mol. The van der Waals surface area contributed by atoms with E-state index in [1.165, 1.54) is 0 Å². The quantitative estimate of drug-likeness (QED) is 0.655. The van der Waals surface area contributed by atoms with Crippen LogP contribution in [0.3, 0.4) is 0 Å². The second kappa shape index (κ2) is 5.12. The topological polar surface area (TPSA) is 85.1 Å². The highest BCUT2D eigenvalue weighted by Gasteiger charge is 2.34. The van der Waals surface area contributed by atoms with Crippen molar-refractivity contribution >= 4 is 20.7 Å². The summed E-state index contributed by atoms with van der Waals surface area (Å²) < 4.78 is 23.3. The van der Waals surface area contributed by atoms with Crippen molar-refractivity contribution in [3.63, 3.8) is 0 Å². The second-order valence-corrected chi connectivity index (χ2v) is 7.49. The van der Waals surface area contributed by atoms with Gasteiger partial charge in [-0.05, 0) is 36.1 Å². The zero-order valence-corrected chi connectivity index (χ0v) is 11.8. The van der Waals surface area contributed by atoms with Crippen LogP contribution in [0.15, 0.2) is 36.5 Å². The number of benzene rings is 1. The lowest BCUT2D eigenvalue weighted by atomic mass is 9.92. The van der Waals surface area contributed by atoms with Gasteiger partial charge in [-0.1, -0.05) is 12.1 Å². The Balaban J connectivity index is 1.95. The van der Waals surface area contributed by atoms with E-state index in [2.05, 4.69) is 10.4 Å². The molecule has 5 nitrogen and oxygen atoms in total. The third-order valence-electron chi connectivity index (χ3n) is 3.90. The van der Waals surface area contributed by atoms with Crippen LogP contribution in [0.4, 0.5) is 0 Å². The van der Waals surface area contributed by atoms with Crippen molar-refractivity contribution in [2.24, 2.45) is 11.8 Å². The van der Waals surface area contributed by atoms with Gasteiger partial charge in [0.1, 0.15) is 0 Å². The molecule has 1 saturated heterocycles. The summed E-state index contributed by atoms with van der Waals surface area (Å²) in [7, 11) is -2.91. The van der Waals surface area contributed by atoms with E-state index in [9.17, 15) is 8.42 Å².